The van der Waals surface area contributed by atoms with E-state index in [1.54, 1.807) is 17.1 Å². The van der Waals surface area contributed by atoms with E-state index in [4.69, 9.17) is 0 Å². The quantitative estimate of drug-likeness (QED) is 0.826. The van der Waals surface area contributed by atoms with E-state index in [9.17, 15) is 4.79 Å². The molecule has 0 bridgehead atoms. The second-order valence-electron chi connectivity index (χ2n) is 3.61. The molecule has 0 saturated carbocycles. The summed E-state index contributed by atoms with van der Waals surface area (Å²) in [5, 5.41) is 3.26. The summed E-state index contributed by atoms with van der Waals surface area (Å²) in [7, 11) is 0. The summed E-state index contributed by atoms with van der Waals surface area (Å²) in [5.74, 6) is 0.433. The molecular weight excluding hydrogens is 305 g/mol. The second-order valence-corrected chi connectivity index (χ2v) is 4.77. The number of aromatic nitrogens is 2. The van der Waals surface area contributed by atoms with Gasteiger partial charge in [-0.25, -0.2) is 4.98 Å². The summed E-state index contributed by atoms with van der Waals surface area (Å²) in [4.78, 5) is 15.7. The number of hydrogen-bond donors (Lipinski definition) is 1. The van der Waals surface area contributed by atoms with Crippen LogP contribution >= 0.6 is 22.6 Å². The summed E-state index contributed by atoms with van der Waals surface area (Å²) < 4.78 is 2.34. The summed E-state index contributed by atoms with van der Waals surface area (Å²) in [5.41, 5.74) is 0.0500. The van der Waals surface area contributed by atoms with Crippen molar-refractivity contribution in [3.8, 4) is 0 Å². The first kappa shape index (κ1) is 12.6. The molecule has 84 valence electrons. The Kier molecular flexibility index (Phi) is 5.24. The molecule has 0 spiro atoms. The molecule has 1 heterocycles. The summed E-state index contributed by atoms with van der Waals surface area (Å²) in [6.45, 7) is 6.80. The van der Waals surface area contributed by atoms with E-state index in [-0.39, 0.29) is 5.56 Å². The molecule has 4 nitrogen and oxygen atoms in total. The fraction of sp³-hybridized carbons (Fsp3) is 0.600. The molecule has 15 heavy (non-hydrogen) atoms. The Morgan fingerprint density at radius 3 is 3.07 bits per heavy atom. The van der Waals surface area contributed by atoms with E-state index >= 15 is 0 Å². The second kappa shape index (κ2) is 6.22. The zero-order valence-electron chi connectivity index (χ0n) is 9.03. The third-order valence-corrected chi connectivity index (χ3v) is 2.85. The molecule has 0 fully saturated rings. The van der Waals surface area contributed by atoms with Gasteiger partial charge in [0.2, 0.25) is 0 Å². The van der Waals surface area contributed by atoms with Crippen molar-refractivity contribution in [2.24, 2.45) is 5.92 Å². The van der Waals surface area contributed by atoms with Crippen LogP contribution in [0.25, 0.3) is 0 Å². The largest absolute Gasteiger partial charge is 0.317 e. The molecular formula is C10H16IN3O. The minimum absolute atomic E-state index is 0.0500. The van der Waals surface area contributed by atoms with Crippen LogP contribution in [0.15, 0.2) is 17.3 Å². The number of rotatable bonds is 5. The highest BCUT2D eigenvalue weighted by atomic mass is 127. The van der Waals surface area contributed by atoms with Crippen molar-refractivity contribution >= 4 is 22.6 Å². The predicted octanol–water partition coefficient (Wildman–Crippen LogP) is 1.09. The molecule has 0 aliphatic carbocycles. The summed E-state index contributed by atoms with van der Waals surface area (Å²) >= 11 is 2.01. The van der Waals surface area contributed by atoms with Crippen molar-refractivity contribution in [3.05, 3.63) is 26.4 Å². The van der Waals surface area contributed by atoms with Gasteiger partial charge in [0.15, 0.2) is 0 Å². The van der Waals surface area contributed by atoms with E-state index in [1.807, 2.05) is 22.6 Å². The van der Waals surface area contributed by atoms with Crippen molar-refractivity contribution in [2.45, 2.75) is 20.4 Å². The van der Waals surface area contributed by atoms with Gasteiger partial charge in [-0.05, 0) is 41.6 Å². The first-order chi connectivity index (χ1) is 7.15. The first-order valence-corrected chi connectivity index (χ1v) is 6.13. The van der Waals surface area contributed by atoms with Crippen molar-refractivity contribution in [1.82, 2.24) is 14.9 Å². The monoisotopic (exact) mass is 321 g/mol. The molecule has 0 amide bonds. The fourth-order valence-electron chi connectivity index (χ4n) is 1.35. The number of halogens is 1. The maximum atomic E-state index is 11.7. The molecule has 5 heteroatoms. The van der Waals surface area contributed by atoms with E-state index in [2.05, 4.69) is 24.1 Å². The maximum absolute atomic E-state index is 11.7. The molecule has 1 unspecified atom stereocenters. The average molecular weight is 321 g/mol. The zero-order valence-corrected chi connectivity index (χ0v) is 11.2. The number of hydrogen-bond acceptors (Lipinski definition) is 3. The van der Waals surface area contributed by atoms with Crippen molar-refractivity contribution in [2.75, 3.05) is 13.1 Å². The molecule has 0 radical (unpaired) electrons. The van der Waals surface area contributed by atoms with Gasteiger partial charge in [-0.15, -0.1) is 0 Å². The van der Waals surface area contributed by atoms with Gasteiger partial charge < -0.3 is 5.32 Å². The van der Waals surface area contributed by atoms with E-state index in [0.717, 1.165) is 19.6 Å². The van der Waals surface area contributed by atoms with Crippen LogP contribution in [0, 0.1) is 9.49 Å². The van der Waals surface area contributed by atoms with E-state index < -0.39 is 0 Å². The van der Waals surface area contributed by atoms with Crippen LogP contribution < -0.4 is 10.9 Å². The van der Waals surface area contributed by atoms with Crippen LogP contribution in [-0.2, 0) is 6.54 Å². The smallest absolute Gasteiger partial charge is 0.266 e. The highest BCUT2D eigenvalue weighted by Gasteiger charge is 2.05. The number of nitrogens with zero attached hydrogens (tertiary/aromatic N) is 2. The van der Waals surface area contributed by atoms with Crippen LogP contribution in [0.3, 0.4) is 0 Å². The van der Waals surface area contributed by atoms with Crippen LogP contribution in [0.1, 0.15) is 13.8 Å². The lowest BCUT2D eigenvalue weighted by Gasteiger charge is -2.13. The topological polar surface area (TPSA) is 46.9 Å². The lowest BCUT2D eigenvalue weighted by atomic mass is 10.2. The predicted molar refractivity (Wildman–Crippen MR) is 68.9 cm³/mol. The van der Waals surface area contributed by atoms with Gasteiger partial charge in [-0.2, -0.15) is 0 Å². The molecule has 0 aliphatic heterocycles. The van der Waals surface area contributed by atoms with E-state index in [0.29, 0.717) is 9.49 Å². The van der Waals surface area contributed by atoms with Gasteiger partial charge in [-0.1, -0.05) is 13.8 Å². The van der Waals surface area contributed by atoms with Gasteiger partial charge in [0, 0.05) is 12.7 Å². The Bertz CT molecular complexity index is 364. The molecule has 1 N–H and O–H groups in total. The van der Waals surface area contributed by atoms with Gasteiger partial charge in [-0.3, -0.25) is 9.36 Å². The fourth-order valence-corrected chi connectivity index (χ4v) is 1.82. The molecule has 1 rings (SSSR count). The lowest BCUT2D eigenvalue weighted by Crippen LogP contribution is -2.29. The van der Waals surface area contributed by atoms with E-state index in [1.165, 1.54) is 0 Å². The summed E-state index contributed by atoms with van der Waals surface area (Å²) in [6, 6.07) is 0. The minimum Gasteiger partial charge on any atom is -0.317 e. The Labute approximate surface area is 103 Å². The first-order valence-electron chi connectivity index (χ1n) is 5.05. The molecule has 1 aromatic heterocycles. The molecule has 0 aromatic carbocycles. The Hall–Kier alpha value is -0.430. The highest BCUT2D eigenvalue weighted by Crippen LogP contribution is 1.98. The zero-order chi connectivity index (χ0) is 11.3. The van der Waals surface area contributed by atoms with Crippen LogP contribution in [-0.4, -0.2) is 22.6 Å². The van der Waals surface area contributed by atoms with Crippen molar-refractivity contribution in [1.29, 1.82) is 0 Å². The van der Waals surface area contributed by atoms with Crippen molar-refractivity contribution in [3.63, 3.8) is 0 Å². The third kappa shape index (κ3) is 3.90. The van der Waals surface area contributed by atoms with Crippen LogP contribution in [0.4, 0.5) is 0 Å². The lowest BCUT2D eigenvalue weighted by molar-refractivity contribution is 0.440. The van der Waals surface area contributed by atoms with Crippen LogP contribution in [0.2, 0.25) is 0 Å². The molecule has 0 saturated heterocycles. The minimum atomic E-state index is 0.0500. The standard InChI is InChI=1S/C10H16IN3O/c1-3-12-4-8(2)6-14-7-13-5-9(11)10(14)15/h5,7-8,12H,3-4,6H2,1-2H3. The van der Waals surface area contributed by atoms with Crippen LogP contribution in [0.5, 0.6) is 0 Å². The average Bonchev–Trinajstić information content (AvgIpc) is 2.22. The SMILES string of the molecule is CCNCC(C)Cn1cncc(I)c1=O. The van der Waals surface area contributed by atoms with Gasteiger partial charge in [0.25, 0.3) is 5.56 Å². The van der Waals surface area contributed by atoms with Gasteiger partial charge >= 0.3 is 0 Å². The molecule has 0 aliphatic rings. The Morgan fingerprint density at radius 1 is 1.67 bits per heavy atom. The summed E-state index contributed by atoms with van der Waals surface area (Å²) in [6.07, 6.45) is 3.20. The molecule has 1 atom stereocenters. The maximum Gasteiger partial charge on any atom is 0.266 e. The number of nitrogens with one attached hydrogen (secondary N) is 1. The molecule has 1 aromatic rings. The van der Waals surface area contributed by atoms with Gasteiger partial charge in [0.05, 0.1) is 9.90 Å². The Balaban J connectivity index is 2.64. The van der Waals surface area contributed by atoms with Crippen molar-refractivity contribution < 1.29 is 0 Å². The highest BCUT2D eigenvalue weighted by molar-refractivity contribution is 14.1. The Morgan fingerprint density at radius 2 is 2.40 bits per heavy atom. The normalized spacial score (nSPS) is 12.7. The third-order valence-electron chi connectivity index (χ3n) is 2.11. The van der Waals surface area contributed by atoms with Gasteiger partial charge in [0.1, 0.15) is 0 Å².